The normalized spacial score (nSPS) is 13.6. The standard InChI is InChI=1S/C25H23N5O2/c1-2-4-21(5-3-1)32-22-9-7-20(8-10-22)29-24-16-23(27-18-28-24)19-6-11-25(26-17-19)30-12-14-31-15-13-30/h1-11,16-18H,12-15H2,(H,27,28,29). The third-order valence-electron chi connectivity index (χ3n) is 5.15. The van der Waals surface area contributed by atoms with E-state index < -0.39 is 0 Å². The molecule has 1 saturated heterocycles. The quantitative estimate of drug-likeness (QED) is 0.470. The molecule has 160 valence electrons. The van der Waals surface area contributed by atoms with E-state index in [-0.39, 0.29) is 0 Å². The van der Waals surface area contributed by atoms with Crippen LogP contribution in [0.15, 0.2) is 85.3 Å². The summed E-state index contributed by atoms with van der Waals surface area (Å²) in [4.78, 5) is 15.6. The first-order valence-corrected chi connectivity index (χ1v) is 10.5. The van der Waals surface area contributed by atoms with E-state index in [2.05, 4.69) is 25.2 Å². The zero-order valence-corrected chi connectivity index (χ0v) is 17.5. The van der Waals surface area contributed by atoms with Gasteiger partial charge < -0.3 is 19.7 Å². The fourth-order valence-corrected chi connectivity index (χ4v) is 3.48. The third kappa shape index (κ3) is 4.84. The maximum absolute atomic E-state index is 5.84. The molecule has 0 atom stereocenters. The van der Waals surface area contributed by atoms with Crippen LogP contribution in [0, 0.1) is 0 Å². The first kappa shape index (κ1) is 20.0. The molecule has 1 aliphatic heterocycles. The number of rotatable bonds is 6. The van der Waals surface area contributed by atoms with Crippen molar-refractivity contribution in [2.45, 2.75) is 0 Å². The molecule has 1 fully saturated rings. The van der Waals surface area contributed by atoms with Crippen LogP contribution in [0.2, 0.25) is 0 Å². The number of aromatic nitrogens is 3. The number of nitrogens with one attached hydrogen (secondary N) is 1. The summed E-state index contributed by atoms with van der Waals surface area (Å²) in [6, 6.07) is 23.5. The molecule has 4 aromatic rings. The van der Waals surface area contributed by atoms with Gasteiger partial charge in [0, 0.05) is 36.6 Å². The van der Waals surface area contributed by atoms with Gasteiger partial charge in [-0.1, -0.05) is 18.2 Å². The monoisotopic (exact) mass is 425 g/mol. The average Bonchev–Trinajstić information content (AvgIpc) is 2.87. The lowest BCUT2D eigenvalue weighted by Crippen LogP contribution is -2.36. The van der Waals surface area contributed by atoms with Gasteiger partial charge in [0.2, 0.25) is 0 Å². The molecule has 0 amide bonds. The summed E-state index contributed by atoms with van der Waals surface area (Å²) in [5, 5.41) is 3.32. The lowest BCUT2D eigenvalue weighted by molar-refractivity contribution is 0.122. The van der Waals surface area contributed by atoms with Crippen LogP contribution in [0.1, 0.15) is 0 Å². The van der Waals surface area contributed by atoms with Crippen LogP contribution >= 0.6 is 0 Å². The number of morpholine rings is 1. The molecule has 0 spiro atoms. The zero-order valence-electron chi connectivity index (χ0n) is 17.5. The van der Waals surface area contributed by atoms with E-state index in [1.165, 1.54) is 0 Å². The molecule has 7 nitrogen and oxygen atoms in total. The Morgan fingerprint density at radius 1 is 0.812 bits per heavy atom. The summed E-state index contributed by atoms with van der Waals surface area (Å²) in [6.45, 7) is 3.21. The van der Waals surface area contributed by atoms with Crippen molar-refractivity contribution < 1.29 is 9.47 Å². The molecule has 0 saturated carbocycles. The molecular formula is C25H23N5O2. The smallest absolute Gasteiger partial charge is 0.134 e. The van der Waals surface area contributed by atoms with E-state index in [1.807, 2.05) is 79.0 Å². The highest BCUT2D eigenvalue weighted by Crippen LogP contribution is 2.25. The Morgan fingerprint density at radius 2 is 1.59 bits per heavy atom. The SMILES string of the molecule is c1ccc(Oc2ccc(Nc3cc(-c4ccc(N5CCOCC5)nc4)ncn3)cc2)cc1. The van der Waals surface area contributed by atoms with Gasteiger partial charge in [-0.3, -0.25) is 0 Å². The van der Waals surface area contributed by atoms with Crippen molar-refractivity contribution in [3.8, 4) is 22.8 Å². The van der Waals surface area contributed by atoms with Crippen molar-refractivity contribution in [1.82, 2.24) is 15.0 Å². The summed E-state index contributed by atoms with van der Waals surface area (Å²) in [5.74, 6) is 3.25. The molecule has 0 unspecified atom stereocenters. The van der Waals surface area contributed by atoms with Crippen molar-refractivity contribution in [3.05, 3.63) is 85.3 Å². The van der Waals surface area contributed by atoms with E-state index in [4.69, 9.17) is 9.47 Å². The van der Waals surface area contributed by atoms with E-state index in [9.17, 15) is 0 Å². The van der Waals surface area contributed by atoms with E-state index in [1.54, 1.807) is 6.33 Å². The zero-order chi connectivity index (χ0) is 21.6. The largest absolute Gasteiger partial charge is 0.457 e. The third-order valence-corrected chi connectivity index (χ3v) is 5.15. The topological polar surface area (TPSA) is 72.4 Å². The maximum atomic E-state index is 5.84. The predicted octanol–water partition coefficient (Wildman–Crippen LogP) is 4.91. The van der Waals surface area contributed by atoms with Crippen LogP contribution in [0.4, 0.5) is 17.3 Å². The van der Waals surface area contributed by atoms with Gasteiger partial charge in [-0.15, -0.1) is 0 Å². The molecular weight excluding hydrogens is 402 g/mol. The number of pyridine rings is 1. The Kier molecular flexibility index (Phi) is 5.89. The highest BCUT2D eigenvalue weighted by molar-refractivity contribution is 5.66. The number of para-hydroxylation sites is 1. The van der Waals surface area contributed by atoms with Gasteiger partial charge in [-0.25, -0.2) is 15.0 Å². The Balaban J connectivity index is 1.26. The van der Waals surface area contributed by atoms with Crippen LogP contribution < -0.4 is 15.0 Å². The minimum atomic E-state index is 0.712. The molecule has 3 heterocycles. The van der Waals surface area contributed by atoms with Gasteiger partial charge in [0.15, 0.2) is 0 Å². The highest BCUT2D eigenvalue weighted by atomic mass is 16.5. The number of ether oxygens (including phenoxy) is 2. The Hall–Kier alpha value is -3.97. The molecule has 2 aromatic carbocycles. The minimum Gasteiger partial charge on any atom is -0.457 e. The predicted molar refractivity (Wildman–Crippen MR) is 125 cm³/mol. The highest BCUT2D eigenvalue weighted by Gasteiger charge is 2.12. The first-order chi connectivity index (χ1) is 15.8. The second kappa shape index (κ2) is 9.45. The molecule has 32 heavy (non-hydrogen) atoms. The molecule has 0 radical (unpaired) electrons. The second-order valence-electron chi connectivity index (χ2n) is 7.36. The fourth-order valence-electron chi connectivity index (χ4n) is 3.48. The second-order valence-corrected chi connectivity index (χ2v) is 7.36. The van der Waals surface area contributed by atoms with Gasteiger partial charge in [0.25, 0.3) is 0 Å². The van der Waals surface area contributed by atoms with Crippen LogP contribution in [0.5, 0.6) is 11.5 Å². The Bertz CT molecular complexity index is 1150. The van der Waals surface area contributed by atoms with E-state index in [0.29, 0.717) is 5.82 Å². The van der Waals surface area contributed by atoms with Gasteiger partial charge in [-0.05, 0) is 48.5 Å². The summed E-state index contributed by atoms with van der Waals surface area (Å²) in [7, 11) is 0. The molecule has 7 heteroatoms. The van der Waals surface area contributed by atoms with Crippen molar-refractivity contribution in [3.63, 3.8) is 0 Å². The molecule has 0 aliphatic carbocycles. The van der Waals surface area contributed by atoms with Crippen LogP contribution in [0.25, 0.3) is 11.3 Å². The first-order valence-electron chi connectivity index (χ1n) is 10.5. The molecule has 2 aromatic heterocycles. The van der Waals surface area contributed by atoms with Crippen LogP contribution in [0.3, 0.4) is 0 Å². The number of benzene rings is 2. The van der Waals surface area contributed by atoms with Gasteiger partial charge in [0.1, 0.15) is 29.5 Å². The molecule has 5 rings (SSSR count). The summed E-state index contributed by atoms with van der Waals surface area (Å²) >= 11 is 0. The summed E-state index contributed by atoms with van der Waals surface area (Å²) < 4.78 is 11.3. The Labute approximate surface area is 186 Å². The summed E-state index contributed by atoms with van der Waals surface area (Å²) in [6.07, 6.45) is 3.41. The van der Waals surface area contributed by atoms with Gasteiger partial charge >= 0.3 is 0 Å². The van der Waals surface area contributed by atoms with Crippen molar-refractivity contribution >= 4 is 17.3 Å². The molecule has 1 N–H and O–H groups in total. The maximum Gasteiger partial charge on any atom is 0.134 e. The van der Waals surface area contributed by atoms with Crippen molar-refractivity contribution in [1.29, 1.82) is 0 Å². The molecule has 1 aliphatic rings. The van der Waals surface area contributed by atoms with Gasteiger partial charge in [-0.2, -0.15) is 0 Å². The van der Waals surface area contributed by atoms with Crippen LogP contribution in [-0.4, -0.2) is 41.3 Å². The average molecular weight is 425 g/mol. The number of hydrogen-bond acceptors (Lipinski definition) is 7. The number of anilines is 3. The van der Waals surface area contributed by atoms with Crippen LogP contribution in [-0.2, 0) is 4.74 Å². The minimum absolute atomic E-state index is 0.712. The van der Waals surface area contributed by atoms with E-state index >= 15 is 0 Å². The Morgan fingerprint density at radius 3 is 2.34 bits per heavy atom. The fraction of sp³-hybridized carbons (Fsp3) is 0.160. The number of nitrogens with zero attached hydrogens (tertiary/aromatic N) is 4. The lowest BCUT2D eigenvalue weighted by Gasteiger charge is -2.27. The van der Waals surface area contributed by atoms with Crippen molar-refractivity contribution in [2.75, 3.05) is 36.5 Å². The lowest BCUT2D eigenvalue weighted by atomic mass is 10.2. The molecule has 0 bridgehead atoms. The van der Waals surface area contributed by atoms with Crippen molar-refractivity contribution in [2.24, 2.45) is 0 Å². The number of hydrogen-bond donors (Lipinski definition) is 1. The van der Waals surface area contributed by atoms with E-state index in [0.717, 1.165) is 60.6 Å². The van der Waals surface area contributed by atoms with Gasteiger partial charge in [0.05, 0.1) is 18.9 Å². The summed E-state index contributed by atoms with van der Waals surface area (Å²) in [5.41, 5.74) is 2.67.